The second-order valence-corrected chi connectivity index (χ2v) is 5.29. The van der Waals surface area contributed by atoms with E-state index in [4.69, 9.17) is 0 Å². The largest absolute Gasteiger partial charge is 0.129 e. The predicted octanol–water partition coefficient (Wildman–Crippen LogP) is 3.32. The minimum absolute atomic E-state index is 0.0473. The molecular weight excluding hydrogens is 187 g/mol. The number of rotatable bonds is 4. The van der Waals surface area contributed by atoms with Crippen LogP contribution in [0.3, 0.4) is 0 Å². The maximum absolute atomic E-state index is 3.51. The summed E-state index contributed by atoms with van der Waals surface area (Å²) >= 11 is 0. The van der Waals surface area contributed by atoms with Crippen molar-refractivity contribution in [1.82, 2.24) is 0 Å². The maximum atomic E-state index is 3.51. The zero-order valence-corrected chi connectivity index (χ0v) is 9.37. The zero-order chi connectivity index (χ0) is 10.2. The van der Waals surface area contributed by atoms with E-state index in [2.05, 4.69) is 55.4 Å². The fourth-order valence-corrected chi connectivity index (χ4v) is 2.47. The molecule has 1 heteroatoms. The van der Waals surface area contributed by atoms with Gasteiger partial charge in [0.1, 0.15) is 0 Å². The Morgan fingerprint density at radius 1 is 1.36 bits per heavy atom. The van der Waals surface area contributed by atoms with Crippen molar-refractivity contribution in [2.45, 2.75) is 0 Å². The van der Waals surface area contributed by atoms with Crippen LogP contribution in [-0.2, 0) is 0 Å². The average Bonchev–Trinajstić information content (AvgIpc) is 2.25. The lowest BCUT2D eigenvalue weighted by molar-refractivity contribution is 1.70. The molecule has 1 aromatic rings. The molecule has 0 N–H and O–H groups in total. The summed E-state index contributed by atoms with van der Waals surface area (Å²) in [7, 11) is -0.0473. The lowest BCUT2D eigenvalue weighted by Crippen LogP contribution is -1.99. The molecular formula is C13H15P. The average molecular weight is 202 g/mol. The van der Waals surface area contributed by atoms with Gasteiger partial charge in [0.15, 0.2) is 0 Å². The third-order valence-electron chi connectivity index (χ3n) is 1.93. The van der Waals surface area contributed by atoms with Crippen LogP contribution in [0.5, 0.6) is 0 Å². The van der Waals surface area contributed by atoms with Crippen LogP contribution in [0.1, 0.15) is 0 Å². The summed E-state index contributed by atoms with van der Waals surface area (Å²) in [5.74, 6) is 0. The van der Waals surface area contributed by atoms with Crippen LogP contribution in [0.4, 0.5) is 0 Å². The molecule has 0 bridgehead atoms. The van der Waals surface area contributed by atoms with Crippen LogP contribution in [0.2, 0.25) is 0 Å². The molecule has 1 atom stereocenters. The smallest absolute Gasteiger partial charge is 0.0104 e. The molecule has 1 unspecified atom stereocenters. The minimum atomic E-state index is -0.0473. The fraction of sp³-hybridized carbons (Fsp3) is 0.154. The maximum Gasteiger partial charge on any atom is -0.0104 e. The lowest BCUT2D eigenvalue weighted by atomic mass is 10.4. The van der Waals surface area contributed by atoms with Gasteiger partial charge in [0.2, 0.25) is 0 Å². The molecule has 0 spiro atoms. The van der Waals surface area contributed by atoms with Crippen LogP contribution in [0.15, 0.2) is 60.9 Å². The topological polar surface area (TPSA) is 0 Å². The Kier molecular flexibility index (Phi) is 5.00. The van der Waals surface area contributed by atoms with Gasteiger partial charge in [-0.15, -0.1) is 5.73 Å². The van der Waals surface area contributed by atoms with E-state index < -0.39 is 0 Å². The molecule has 0 heterocycles. The molecule has 0 amide bonds. The van der Waals surface area contributed by atoms with Crippen LogP contribution in [-0.4, -0.2) is 12.8 Å². The summed E-state index contributed by atoms with van der Waals surface area (Å²) in [6.07, 6.45) is 7.15. The third-order valence-corrected chi connectivity index (χ3v) is 3.86. The van der Waals surface area contributed by atoms with Gasteiger partial charge >= 0.3 is 0 Å². The quantitative estimate of drug-likeness (QED) is 0.399. The van der Waals surface area contributed by atoms with Crippen molar-refractivity contribution in [1.29, 1.82) is 0 Å². The molecule has 1 rings (SSSR count). The zero-order valence-electron chi connectivity index (χ0n) is 8.48. The van der Waals surface area contributed by atoms with Gasteiger partial charge in [-0.3, -0.25) is 0 Å². The molecule has 14 heavy (non-hydrogen) atoms. The van der Waals surface area contributed by atoms with E-state index in [1.54, 1.807) is 0 Å². The predicted molar refractivity (Wildman–Crippen MR) is 66.6 cm³/mol. The van der Waals surface area contributed by atoms with Crippen LogP contribution >= 0.6 is 7.92 Å². The van der Waals surface area contributed by atoms with Gasteiger partial charge < -0.3 is 0 Å². The molecule has 0 saturated carbocycles. The Bertz CT molecular complexity index is 332. The summed E-state index contributed by atoms with van der Waals surface area (Å²) in [6.45, 7) is 5.81. The van der Waals surface area contributed by atoms with Crippen LogP contribution in [0, 0.1) is 0 Å². The Balaban J connectivity index is 2.51. The Morgan fingerprint density at radius 3 is 2.71 bits per heavy atom. The first kappa shape index (κ1) is 11.0. The molecule has 0 aliphatic carbocycles. The van der Waals surface area contributed by atoms with Gasteiger partial charge in [0.05, 0.1) is 0 Å². The molecule has 0 fully saturated rings. The molecule has 0 aromatic heterocycles. The minimum Gasteiger partial charge on any atom is -0.129 e. The van der Waals surface area contributed by atoms with E-state index in [9.17, 15) is 0 Å². The van der Waals surface area contributed by atoms with E-state index in [0.29, 0.717) is 0 Å². The van der Waals surface area contributed by atoms with Crippen molar-refractivity contribution in [3.05, 3.63) is 60.9 Å². The second kappa shape index (κ2) is 6.38. The molecule has 72 valence electrons. The third kappa shape index (κ3) is 3.75. The van der Waals surface area contributed by atoms with E-state index >= 15 is 0 Å². The highest BCUT2D eigenvalue weighted by Gasteiger charge is 1.99. The summed E-state index contributed by atoms with van der Waals surface area (Å²) in [6, 6.07) is 10.7. The standard InChI is InChI=1S/C13H15P/c1-3-4-5-9-12-14(2)13-10-7-6-8-11-13/h4-11H,1,12H2,2H3/b9-5-. The van der Waals surface area contributed by atoms with Gasteiger partial charge in [-0.25, -0.2) is 0 Å². The molecule has 0 saturated heterocycles. The van der Waals surface area contributed by atoms with Crippen LogP contribution in [0.25, 0.3) is 0 Å². The van der Waals surface area contributed by atoms with Gasteiger partial charge in [-0.1, -0.05) is 57.0 Å². The van der Waals surface area contributed by atoms with Crippen molar-refractivity contribution in [3.8, 4) is 0 Å². The van der Waals surface area contributed by atoms with Crippen molar-refractivity contribution >= 4 is 13.2 Å². The number of hydrogen-bond acceptors (Lipinski definition) is 0. The summed E-state index contributed by atoms with van der Waals surface area (Å²) in [4.78, 5) is 0. The summed E-state index contributed by atoms with van der Waals surface area (Å²) in [5.41, 5.74) is 2.73. The number of benzene rings is 1. The number of hydrogen-bond donors (Lipinski definition) is 0. The Morgan fingerprint density at radius 2 is 2.07 bits per heavy atom. The van der Waals surface area contributed by atoms with Gasteiger partial charge in [0, 0.05) is 0 Å². The monoisotopic (exact) mass is 202 g/mol. The van der Waals surface area contributed by atoms with Crippen LogP contribution < -0.4 is 5.30 Å². The lowest BCUT2D eigenvalue weighted by Gasteiger charge is -2.08. The first-order valence-corrected chi connectivity index (χ1v) is 6.59. The molecule has 0 aliphatic rings. The molecule has 0 aliphatic heterocycles. The first-order chi connectivity index (χ1) is 6.84. The highest BCUT2D eigenvalue weighted by atomic mass is 31.1. The Labute approximate surface area is 87.4 Å². The summed E-state index contributed by atoms with van der Waals surface area (Å²) < 4.78 is 0. The van der Waals surface area contributed by atoms with Crippen molar-refractivity contribution in [2.75, 3.05) is 12.8 Å². The second-order valence-electron chi connectivity index (χ2n) is 3.02. The van der Waals surface area contributed by atoms with E-state index in [1.165, 1.54) is 5.30 Å². The van der Waals surface area contributed by atoms with Gasteiger partial charge in [-0.05, 0) is 24.2 Å². The SMILES string of the molecule is C=C=C/C=C\CP(C)c1ccccc1. The number of allylic oxidation sites excluding steroid dienone is 3. The van der Waals surface area contributed by atoms with Crippen molar-refractivity contribution in [3.63, 3.8) is 0 Å². The van der Waals surface area contributed by atoms with E-state index in [1.807, 2.05) is 12.2 Å². The van der Waals surface area contributed by atoms with Gasteiger partial charge in [0.25, 0.3) is 0 Å². The fourth-order valence-electron chi connectivity index (χ4n) is 1.14. The Hall–Kier alpha value is -1.09. The van der Waals surface area contributed by atoms with Crippen molar-refractivity contribution < 1.29 is 0 Å². The normalized spacial score (nSPS) is 12.4. The van der Waals surface area contributed by atoms with E-state index in [-0.39, 0.29) is 7.92 Å². The highest BCUT2D eigenvalue weighted by Crippen LogP contribution is 2.28. The van der Waals surface area contributed by atoms with Crippen molar-refractivity contribution in [2.24, 2.45) is 0 Å². The van der Waals surface area contributed by atoms with Gasteiger partial charge in [-0.2, -0.15) is 0 Å². The van der Waals surface area contributed by atoms with E-state index in [0.717, 1.165) is 6.16 Å². The highest BCUT2D eigenvalue weighted by molar-refractivity contribution is 7.65. The molecule has 1 aromatic carbocycles. The first-order valence-electron chi connectivity index (χ1n) is 4.61. The molecule has 0 radical (unpaired) electrons. The molecule has 0 nitrogen and oxygen atoms in total. The summed E-state index contributed by atoms with van der Waals surface area (Å²) in [5, 5.41) is 1.45.